The van der Waals surface area contributed by atoms with Crippen LogP contribution in [0.4, 0.5) is 10.1 Å². The third-order valence-electron chi connectivity index (χ3n) is 4.54. The van der Waals surface area contributed by atoms with Crippen LogP contribution in [-0.2, 0) is 6.42 Å². The number of likely N-dealkylation sites (N-methyl/N-ethyl adjacent to an activating group) is 1. The van der Waals surface area contributed by atoms with Gasteiger partial charge < -0.3 is 15.4 Å². The Balaban J connectivity index is 1.58. The van der Waals surface area contributed by atoms with Crippen molar-refractivity contribution in [1.29, 1.82) is 0 Å². The van der Waals surface area contributed by atoms with Crippen LogP contribution in [0.1, 0.15) is 12.1 Å². The Morgan fingerprint density at radius 3 is 3.00 bits per heavy atom. The van der Waals surface area contributed by atoms with Gasteiger partial charge in [0.1, 0.15) is 5.75 Å². The molecule has 0 fully saturated rings. The lowest BCUT2D eigenvalue weighted by Crippen LogP contribution is -2.29. The van der Waals surface area contributed by atoms with Gasteiger partial charge in [-0.3, -0.25) is 4.98 Å². The van der Waals surface area contributed by atoms with E-state index in [1.807, 2.05) is 0 Å². The second-order valence-electron chi connectivity index (χ2n) is 6.49. The molecule has 2 N–H and O–H groups in total. The summed E-state index contributed by atoms with van der Waals surface area (Å²) in [6.45, 7) is 2.10. The van der Waals surface area contributed by atoms with Crippen molar-refractivity contribution in [1.82, 2.24) is 9.88 Å². The van der Waals surface area contributed by atoms with E-state index in [4.69, 9.17) is 10.5 Å². The molecule has 4 nitrogen and oxygen atoms in total. The first-order chi connectivity index (χ1) is 12.1. The van der Waals surface area contributed by atoms with Gasteiger partial charge in [-0.2, -0.15) is 0 Å². The molecule has 4 rings (SSSR count). The fraction of sp³-hybridized carbons (Fsp3) is 0.316. The van der Waals surface area contributed by atoms with E-state index in [0.717, 1.165) is 36.5 Å². The number of hydrogen-bond donors (Lipinski definition) is 1. The number of anilines is 1. The average molecular weight is 357 g/mol. The van der Waals surface area contributed by atoms with Crippen molar-refractivity contribution in [3.05, 3.63) is 53.6 Å². The third-order valence-corrected chi connectivity index (χ3v) is 5.97. The van der Waals surface area contributed by atoms with E-state index < -0.39 is 5.82 Å². The topological polar surface area (TPSA) is 51.4 Å². The van der Waals surface area contributed by atoms with Gasteiger partial charge in [-0.15, -0.1) is 11.8 Å². The largest absolute Gasteiger partial charge is 0.453 e. The van der Waals surface area contributed by atoms with Crippen molar-refractivity contribution in [2.75, 3.05) is 25.9 Å². The zero-order valence-corrected chi connectivity index (χ0v) is 14.9. The van der Waals surface area contributed by atoms with Crippen LogP contribution < -0.4 is 10.5 Å². The predicted octanol–water partition coefficient (Wildman–Crippen LogP) is 3.87. The summed E-state index contributed by atoms with van der Waals surface area (Å²) in [4.78, 5) is 7.86. The second-order valence-corrected chi connectivity index (χ2v) is 7.71. The van der Waals surface area contributed by atoms with E-state index in [0.29, 0.717) is 16.7 Å². The lowest BCUT2D eigenvalue weighted by atomic mass is 10.0. The number of nitrogens with zero attached hydrogens (tertiary/aromatic N) is 2. The number of thioether (sulfide) groups is 1. The minimum atomic E-state index is -0.457. The molecule has 0 amide bonds. The van der Waals surface area contributed by atoms with Gasteiger partial charge in [0.25, 0.3) is 0 Å². The first-order valence-corrected chi connectivity index (χ1v) is 9.23. The quantitative estimate of drug-likeness (QED) is 0.667. The fourth-order valence-corrected chi connectivity index (χ4v) is 4.61. The Kier molecular flexibility index (Phi) is 4.39. The summed E-state index contributed by atoms with van der Waals surface area (Å²) in [6.07, 6.45) is 6.06. The maximum atomic E-state index is 14.1. The van der Waals surface area contributed by atoms with Crippen molar-refractivity contribution in [3.63, 3.8) is 0 Å². The molecular weight excluding hydrogens is 337 g/mol. The van der Waals surface area contributed by atoms with E-state index in [1.165, 1.54) is 11.6 Å². The van der Waals surface area contributed by atoms with Gasteiger partial charge in [0.15, 0.2) is 11.6 Å². The Labute approximate surface area is 150 Å². The zero-order chi connectivity index (χ0) is 17.4. The molecule has 0 saturated heterocycles. The molecule has 2 aliphatic rings. The first kappa shape index (κ1) is 16.4. The summed E-state index contributed by atoms with van der Waals surface area (Å²) >= 11 is 1.77. The number of ether oxygens (including phenoxy) is 1. The summed E-state index contributed by atoms with van der Waals surface area (Å²) in [5.41, 5.74) is 8.46. The summed E-state index contributed by atoms with van der Waals surface area (Å²) in [7, 11) is 2.15. The van der Waals surface area contributed by atoms with E-state index in [9.17, 15) is 4.39 Å². The summed E-state index contributed by atoms with van der Waals surface area (Å²) < 4.78 is 19.9. The number of nitrogen functional groups attached to an aromatic ring is 1. The van der Waals surface area contributed by atoms with Crippen molar-refractivity contribution < 1.29 is 9.13 Å². The smallest absolute Gasteiger partial charge is 0.167 e. The van der Waals surface area contributed by atoms with Crippen molar-refractivity contribution in [3.8, 4) is 11.5 Å². The van der Waals surface area contributed by atoms with Crippen molar-refractivity contribution in [2.45, 2.75) is 23.0 Å². The number of rotatable bonds is 3. The number of fused-ring (bicyclic) bond motifs is 1. The molecule has 1 unspecified atom stereocenters. The molecule has 130 valence electrons. The molecule has 0 radical (unpaired) electrons. The number of halogens is 1. The average Bonchev–Trinajstić information content (AvgIpc) is 3.03. The van der Waals surface area contributed by atoms with Crippen LogP contribution in [0.5, 0.6) is 11.5 Å². The molecule has 0 spiro atoms. The van der Waals surface area contributed by atoms with Gasteiger partial charge in [0, 0.05) is 48.8 Å². The van der Waals surface area contributed by atoms with Crippen LogP contribution in [0.3, 0.4) is 0 Å². The SMILES string of the molecule is CN1CCC=C(C2Cc3nccc(Oc4ccc(N)cc4F)c3S2)C1. The fourth-order valence-electron chi connectivity index (χ4n) is 3.27. The molecule has 0 aliphatic carbocycles. The normalized spacial score (nSPS) is 20.2. The highest BCUT2D eigenvalue weighted by molar-refractivity contribution is 8.00. The molecule has 1 aromatic carbocycles. The van der Waals surface area contributed by atoms with Crippen LogP contribution >= 0.6 is 11.8 Å². The molecule has 2 aromatic rings. The van der Waals surface area contributed by atoms with Gasteiger partial charge in [-0.25, -0.2) is 4.39 Å². The van der Waals surface area contributed by atoms with Gasteiger partial charge >= 0.3 is 0 Å². The maximum Gasteiger partial charge on any atom is 0.167 e. The van der Waals surface area contributed by atoms with Gasteiger partial charge in [0.2, 0.25) is 0 Å². The molecule has 1 atom stereocenters. The lowest BCUT2D eigenvalue weighted by molar-refractivity contribution is 0.351. The van der Waals surface area contributed by atoms with Crippen LogP contribution in [0.2, 0.25) is 0 Å². The van der Waals surface area contributed by atoms with Crippen LogP contribution in [-0.4, -0.2) is 35.3 Å². The Morgan fingerprint density at radius 2 is 2.20 bits per heavy atom. The molecule has 3 heterocycles. The van der Waals surface area contributed by atoms with Crippen LogP contribution in [0.25, 0.3) is 0 Å². The minimum Gasteiger partial charge on any atom is -0.453 e. The monoisotopic (exact) mass is 357 g/mol. The number of benzene rings is 1. The summed E-state index contributed by atoms with van der Waals surface area (Å²) in [6, 6.07) is 6.27. The highest BCUT2D eigenvalue weighted by Gasteiger charge is 2.30. The number of aromatic nitrogens is 1. The number of hydrogen-bond acceptors (Lipinski definition) is 5. The molecule has 2 aliphatic heterocycles. The number of pyridine rings is 1. The molecule has 25 heavy (non-hydrogen) atoms. The third kappa shape index (κ3) is 3.37. The highest BCUT2D eigenvalue weighted by atomic mass is 32.2. The van der Waals surface area contributed by atoms with E-state index >= 15 is 0 Å². The van der Waals surface area contributed by atoms with Gasteiger partial charge in [0.05, 0.1) is 10.6 Å². The molecule has 0 bridgehead atoms. The van der Waals surface area contributed by atoms with Crippen molar-refractivity contribution in [2.24, 2.45) is 0 Å². The Hall–Kier alpha value is -2.05. The van der Waals surface area contributed by atoms with Gasteiger partial charge in [-0.1, -0.05) is 6.08 Å². The molecule has 6 heteroatoms. The molecular formula is C19H20FN3OS. The van der Waals surface area contributed by atoms with Crippen LogP contribution in [0.15, 0.2) is 47.0 Å². The second kappa shape index (κ2) is 6.69. The zero-order valence-electron chi connectivity index (χ0n) is 14.0. The number of nitrogens with two attached hydrogens (primary N) is 1. The lowest BCUT2D eigenvalue weighted by Gasteiger charge is -2.25. The van der Waals surface area contributed by atoms with E-state index in [1.54, 1.807) is 36.2 Å². The van der Waals surface area contributed by atoms with Crippen molar-refractivity contribution >= 4 is 17.4 Å². The van der Waals surface area contributed by atoms with E-state index in [2.05, 4.69) is 23.0 Å². The minimum absolute atomic E-state index is 0.184. The summed E-state index contributed by atoms with van der Waals surface area (Å²) in [5.74, 6) is 0.385. The van der Waals surface area contributed by atoms with E-state index in [-0.39, 0.29) is 5.75 Å². The Bertz CT molecular complexity index is 839. The molecule has 1 aromatic heterocycles. The Morgan fingerprint density at radius 1 is 1.32 bits per heavy atom. The highest BCUT2D eigenvalue weighted by Crippen LogP contribution is 2.46. The predicted molar refractivity (Wildman–Crippen MR) is 98.7 cm³/mol. The summed E-state index contributed by atoms with van der Waals surface area (Å²) in [5, 5.41) is 0.381. The van der Waals surface area contributed by atoms with Crippen LogP contribution in [0, 0.1) is 5.82 Å². The van der Waals surface area contributed by atoms with Gasteiger partial charge in [-0.05, 0) is 31.2 Å². The standard InChI is InChI=1S/C19H20FN3OS/c1-23-8-2-3-12(11-23)18-10-15-19(25-18)17(6-7-22-15)24-16-5-4-13(21)9-14(16)20/h3-7,9,18H,2,8,10-11,21H2,1H3. The molecule has 0 saturated carbocycles. The maximum absolute atomic E-state index is 14.1. The first-order valence-electron chi connectivity index (χ1n) is 8.35.